The number of rotatable bonds is 4. The number of nitrogens with zero attached hydrogens (tertiary/aromatic N) is 3. The summed E-state index contributed by atoms with van der Waals surface area (Å²) in [7, 11) is 1.32. The van der Waals surface area contributed by atoms with Gasteiger partial charge >= 0.3 is 12.1 Å². The predicted molar refractivity (Wildman–Crippen MR) is 107 cm³/mol. The van der Waals surface area contributed by atoms with E-state index in [0.29, 0.717) is 24.1 Å². The van der Waals surface area contributed by atoms with Crippen LogP contribution in [-0.4, -0.2) is 78.8 Å². The van der Waals surface area contributed by atoms with Gasteiger partial charge in [0.15, 0.2) is 0 Å². The molecule has 3 heterocycles. The molecular weight excluding hydrogens is 372 g/mol. The molecule has 158 valence electrons. The molecule has 0 aromatic carbocycles. The van der Waals surface area contributed by atoms with Crippen molar-refractivity contribution in [2.75, 3.05) is 39.8 Å². The number of nitrogens with one attached hydrogen (secondary N) is 1. The van der Waals surface area contributed by atoms with E-state index in [1.807, 2.05) is 4.90 Å². The van der Waals surface area contributed by atoms with Crippen molar-refractivity contribution in [1.82, 2.24) is 20.1 Å². The highest BCUT2D eigenvalue weighted by atomic mass is 16.6. The quantitative estimate of drug-likeness (QED) is 0.770. The van der Waals surface area contributed by atoms with Gasteiger partial charge in [0.2, 0.25) is 5.88 Å². The van der Waals surface area contributed by atoms with Crippen molar-refractivity contribution in [3.8, 4) is 5.88 Å². The lowest BCUT2D eigenvalue weighted by Gasteiger charge is -2.49. The third-order valence-corrected chi connectivity index (χ3v) is 6.55. The monoisotopic (exact) mass is 402 g/mol. The average molecular weight is 402 g/mol. The van der Waals surface area contributed by atoms with Gasteiger partial charge in [-0.2, -0.15) is 0 Å². The lowest BCUT2D eigenvalue weighted by atomic mass is 9.85. The number of aromatic nitrogens is 1. The van der Waals surface area contributed by atoms with Crippen LogP contribution in [0.15, 0.2) is 18.3 Å². The summed E-state index contributed by atoms with van der Waals surface area (Å²) in [5.41, 5.74) is 0.328. The molecular formula is C21H30N4O4. The lowest BCUT2D eigenvalue weighted by molar-refractivity contribution is 0.00447. The summed E-state index contributed by atoms with van der Waals surface area (Å²) in [6.07, 6.45) is 7.06. The zero-order valence-corrected chi connectivity index (χ0v) is 17.0. The number of piperazine rings is 1. The minimum Gasteiger partial charge on any atom is -0.465 e. The van der Waals surface area contributed by atoms with Gasteiger partial charge in [-0.1, -0.05) is 6.42 Å². The van der Waals surface area contributed by atoms with Gasteiger partial charge < -0.3 is 19.7 Å². The fraction of sp³-hybridized carbons (Fsp3) is 0.667. The van der Waals surface area contributed by atoms with Crippen molar-refractivity contribution in [3.05, 3.63) is 23.9 Å². The Balaban J connectivity index is 1.43. The number of ether oxygens (including phenoxy) is 2. The summed E-state index contributed by atoms with van der Waals surface area (Å²) in [5.74, 6) is 0.225. The summed E-state index contributed by atoms with van der Waals surface area (Å²) in [6, 6.07) is 3.95. The topological polar surface area (TPSA) is 84.0 Å². The van der Waals surface area contributed by atoms with Crippen molar-refractivity contribution in [2.45, 2.75) is 44.2 Å². The van der Waals surface area contributed by atoms with E-state index in [2.05, 4.69) is 19.9 Å². The Morgan fingerprint density at radius 1 is 1.14 bits per heavy atom. The SMILES string of the molecule is COC(=O)c1ccc(OC(=O)N2CCN(C3CCC3)CC2C2CCNCC2)nc1. The Kier molecular flexibility index (Phi) is 6.30. The van der Waals surface area contributed by atoms with Gasteiger partial charge in [0.05, 0.1) is 18.7 Å². The number of hydrogen-bond donors (Lipinski definition) is 1. The van der Waals surface area contributed by atoms with Crippen LogP contribution in [0.4, 0.5) is 4.79 Å². The van der Waals surface area contributed by atoms with Crippen molar-refractivity contribution in [2.24, 2.45) is 5.92 Å². The molecule has 0 spiro atoms. The van der Waals surface area contributed by atoms with E-state index < -0.39 is 5.97 Å². The summed E-state index contributed by atoms with van der Waals surface area (Å²) < 4.78 is 10.2. The van der Waals surface area contributed by atoms with Crippen LogP contribution in [0.3, 0.4) is 0 Å². The van der Waals surface area contributed by atoms with Gasteiger partial charge in [-0.3, -0.25) is 4.90 Å². The minimum atomic E-state index is -0.464. The van der Waals surface area contributed by atoms with Crippen LogP contribution in [0, 0.1) is 5.92 Å². The minimum absolute atomic E-state index is 0.174. The van der Waals surface area contributed by atoms with Gasteiger partial charge in [0.1, 0.15) is 0 Å². The third kappa shape index (κ3) is 4.53. The molecule has 0 bridgehead atoms. The number of esters is 1. The first-order valence-electron chi connectivity index (χ1n) is 10.6. The van der Waals surface area contributed by atoms with E-state index in [1.54, 1.807) is 6.07 Å². The molecule has 8 nitrogen and oxygen atoms in total. The highest BCUT2D eigenvalue weighted by Gasteiger charge is 2.40. The van der Waals surface area contributed by atoms with E-state index in [-0.39, 0.29) is 18.0 Å². The molecule has 1 aliphatic carbocycles. The fourth-order valence-electron chi connectivity index (χ4n) is 4.60. The van der Waals surface area contributed by atoms with Crippen molar-refractivity contribution in [3.63, 3.8) is 0 Å². The molecule has 8 heteroatoms. The zero-order valence-electron chi connectivity index (χ0n) is 17.0. The first-order valence-corrected chi connectivity index (χ1v) is 10.6. The standard InChI is InChI=1S/C21H30N4O4/c1-28-20(26)16-5-6-19(23-13-16)29-21(27)25-12-11-24(17-3-2-4-17)14-18(25)15-7-9-22-10-8-15/h5-6,13,15,17-18,22H,2-4,7-12,14H2,1H3. The zero-order chi connectivity index (χ0) is 20.2. The van der Waals surface area contributed by atoms with Crippen LogP contribution in [0.1, 0.15) is 42.5 Å². The summed E-state index contributed by atoms with van der Waals surface area (Å²) in [6.45, 7) is 4.52. The van der Waals surface area contributed by atoms with Crippen molar-refractivity contribution >= 4 is 12.1 Å². The molecule has 0 radical (unpaired) electrons. The van der Waals surface area contributed by atoms with E-state index >= 15 is 0 Å². The molecule has 1 unspecified atom stereocenters. The van der Waals surface area contributed by atoms with E-state index in [1.165, 1.54) is 38.6 Å². The second kappa shape index (κ2) is 9.09. The molecule has 1 aromatic rings. The van der Waals surface area contributed by atoms with Crippen LogP contribution in [0.5, 0.6) is 5.88 Å². The number of amides is 1. The van der Waals surface area contributed by atoms with Gasteiger partial charge in [0, 0.05) is 37.9 Å². The van der Waals surface area contributed by atoms with Gasteiger partial charge in [-0.25, -0.2) is 14.6 Å². The van der Waals surface area contributed by atoms with Gasteiger partial charge in [-0.05, 0) is 50.8 Å². The molecule has 1 atom stereocenters. The highest BCUT2D eigenvalue weighted by Crippen LogP contribution is 2.31. The molecule has 29 heavy (non-hydrogen) atoms. The molecule has 2 aliphatic heterocycles. The van der Waals surface area contributed by atoms with Gasteiger partial charge in [0.25, 0.3) is 0 Å². The van der Waals surface area contributed by atoms with E-state index in [9.17, 15) is 9.59 Å². The smallest absolute Gasteiger partial charge is 0.416 e. The van der Waals surface area contributed by atoms with E-state index in [4.69, 9.17) is 4.74 Å². The van der Waals surface area contributed by atoms with Crippen molar-refractivity contribution in [1.29, 1.82) is 0 Å². The molecule has 1 amide bonds. The summed E-state index contributed by atoms with van der Waals surface area (Å²) >= 11 is 0. The van der Waals surface area contributed by atoms with Crippen LogP contribution in [-0.2, 0) is 4.74 Å². The average Bonchev–Trinajstić information content (AvgIpc) is 2.73. The predicted octanol–water partition coefficient (Wildman–Crippen LogP) is 1.91. The number of piperidine rings is 1. The van der Waals surface area contributed by atoms with Crippen LogP contribution < -0.4 is 10.1 Å². The Labute approximate surface area is 171 Å². The van der Waals surface area contributed by atoms with E-state index in [0.717, 1.165) is 39.0 Å². The molecule has 3 aliphatic rings. The summed E-state index contributed by atoms with van der Waals surface area (Å²) in [5, 5.41) is 3.42. The molecule has 1 saturated carbocycles. The lowest BCUT2D eigenvalue weighted by Crippen LogP contribution is -2.62. The number of pyridine rings is 1. The molecule has 2 saturated heterocycles. The van der Waals surface area contributed by atoms with Crippen LogP contribution in [0.25, 0.3) is 0 Å². The normalized spacial score (nSPS) is 24.0. The molecule has 4 rings (SSSR count). The highest BCUT2D eigenvalue weighted by molar-refractivity contribution is 5.88. The summed E-state index contributed by atoms with van der Waals surface area (Å²) in [4.78, 5) is 33.1. The Bertz CT molecular complexity index is 716. The van der Waals surface area contributed by atoms with Crippen LogP contribution >= 0.6 is 0 Å². The van der Waals surface area contributed by atoms with Crippen molar-refractivity contribution < 1.29 is 19.1 Å². The number of methoxy groups -OCH3 is 1. The molecule has 1 N–H and O–H groups in total. The molecule has 1 aromatic heterocycles. The van der Waals surface area contributed by atoms with Gasteiger partial charge in [-0.15, -0.1) is 0 Å². The third-order valence-electron chi connectivity index (χ3n) is 6.55. The fourth-order valence-corrected chi connectivity index (χ4v) is 4.60. The second-order valence-corrected chi connectivity index (χ2v) is 8.17. The largest absolute Gasteiger partial charge is 0.465 e. The molecule has 3 fully saturated rings. The Hall–Kier alpha value is -2.19. The maximum atomic E-state index is 13.0. The first-order chi connectivity index (χ1) is 14.2. The Morgan fingerprint density at radius 2 is 1.93 bits per heavy atom. The second-order valence-electron chi connectivity index (χ2n) is 8.17. The number of carbonyl (C=O) groups excluding carboxylic acids is 2. The first kappa shape index (κ1) is 20.1. The number of hydrogen-bond acceptors (Lipinski definition) is 7. The van der Waals surface area contributed by atoms with Crippen LogP contribution in [0.2, 0.25) is 0 Å². The maximum absolute atomic E-state index is 13.0. The maximum Gasteiger partial charge on any atom is 0.416 e. The number of carbonyl (C=O) groups is 2. The Morgan fingerprint density at radius 3 is 2.55 bits per heavy atom.